The molecule has 20 heavy (non-hydrogen) atoms. The van der Waals surface area contributed by atoms with E-state index < -0.39 is 0 Å². The summed E-state index contributed by atoms with van der Waals surface area (Å²) in [6, 6.07) is 0. The van der Waals surface area contributed by atoms with Gasteiger partial charge in [0.15, 0.2) is 0 Å². The van der Waals surface area contributed by atoms with Gasteiger partial charge < -0.3 is 4.74 Å². The van der Waals surface area contributed by atoms with E-state index in [1.54, 1.807) is 13.5 Å². The van der Waals surface area contributed by atoms with Gasteiger partial charge in [0.1, 0.15) is 6.61 Å². The van der Waals surface area contributed by atoms with Crippen LogP contribution in [0.3, 0.4) is 0 Å². The van der Waals surface area contributed by atoms with Gasteiger partial charge in [-0.05, 0) is 19.8 Å². The van der Waals surface area contributed by atoms with E-state index in [4.69, 9.17) is 4.74 Å². The van der Waals surface area contributed by atoms with Crippen molar-refractivity contribution in [3.8, 4) is 0 Å². The van der Waals surface area contributed by atoms with E-state index in [-0.39, 0.29) is 5.97 Å². The van der Waals surface area contributed by atoms with Crippen molar-refractivity contribution in [3.63, 3.8) is 0 Å². The maximum atomic E-state index is 11.1. The largest absolute Gasteiger partial charge is 0.455 e. The van der Waals surface area contributed by atoms with Gasteiger partial charge >= 0.3 is 5.97 Å². The summed E-state index contributed by atoms with van der Waals surface area (Å²) >= 11 is 0. The van der Waals surface area contributed by atoms with E-state index in [1.807, 2.05) is 0 Å². The molecule has 0 aromatic heterocycles. The second kappa shape index (κ2) is 14.6. The topological polar surface area (TPSA) is 26.3 Å². The van der Waals surface area contributed by atoms with Crippen molar-refractivity contribution < 1.29 is 9.53 Å². The number of rotatable bonds is 14. The molecule has 2 heteroatoms. The summed E-state index contributed by atoms with van der Waals surface area (Å²) in [6.07, 6.45) is 15.0. The number of hydrogen-bond donors (Lipinski definition) is 0. The Hall–Kier alpha value is -0.790. The Labute approximate surface area is 126 Å². The number of unbranched alkanes of at least 4 members (excludes halogenated alkanes) is 11. The molecular weight excluding hydrogens is 248 g/mol. The summed E-state index contributed by atoms with van der Waals surface area (Å²) in [7, 11) is 0. The van der Waals surface area contributed by atoms with E-state index in [2.05, 4.69) is 13.5 Å². The normalized spacial score (nSPS) is 10.5. The van der Waals surface area contributed by atoms with Crippen molar-refractivity contribution >= 4 is 5.97 Å². The van der Waals surface area contributed by atoms with Gasteiger partial charge in [-0.15, -0.1) is 0 Å². The van der Waals surface area contributed by atoms with Crippen LogP contribution in [0.15, 0.2) is 12.2 Å². The summed E-state index contributed by atoms with van der Waals surface area (Å²) in [5.41, 5.74) is 0.455. The van der Waals surface area contributed by atoms with Crippen LogP contribution < -0.4 is 0 Å². The summed E-state index contributed by atoms with van der Waals surface area (Å²) < 4.78 is 4.93. The third kappa shape index (κ3) is 13.6. The number of carbonyl (C=O) groups is 1. The lowest BCUT2D eigenvalue weighted by Gasteiger charge is -2.04. The molecule has 0 N–H and O–H groups in total. The summed E-state index contributed by atoms with van der Waals surface area (Å²) in [4.78, 5) is 11.1. The van der Waals surface area contributed by atoms with Gasteiger partial charge in [-0.25, -0.2) is 4.79 Å². The van der Waals surface area contributed by atoms with Gasteiger partial charge in [-0.1, -0.05) is 77.7 Å². The Bertz CT molecular complexity index is 246. The fourth-order valence-corrected chi connectivity index (χ4v) is 2.05. The van der Waals surface area contributed by atoms with Crippen molar-refractivity contribution in [1.82, 2.24) is 0 Å². The molecule has 116 valence electrons. The van der Waals surface area contributed by atoms with Crippen LogP contribution in [0.1, 0.15) is 84.0 Å². The van der Waals surface area contributed by atoms with Crippen LogP contribution in [0.25, 0.3) is 0 Å². The lowest BCUT2D eigenvalue weighted by Crippen LogP contribution is -2.02. The third-order valence-corrected chi connectivity index (χ3v) is 3.36. The first-order valence-corrected chi connectivity index (χ1v) is 8.16. The van der Waals surface area contributed by atoms with E-state index in [0.29, 0.717) is 5.57 Å². The minimum absolute atomic E-state index is 0.316. The first-order valence-electron chi connectivity index (χ1n) is 8.16. The molecule has 0 unspecified atom stereocenters. The van der Waals surface area contributed by atoms with Crippen molar-refractivity contribution in [2.24, 2.45) is 0 Å². The molecule has 2 nitrogen and oxygen atoms in total. The zero-order valence-electron chi connectivity index (χ0n) is 13.3. The highest BCUT2D eigenvalue weighted by atomic mass is 16.5. The molecule has 0 bridgehead atoms. The van der Waals surface area contributed by atoms with Gasteiger partial charge in [0, 0.05) is 5.57 Å². The van der Waals surface area contributed by atoms with Crippen molar-refractivity contribution in [3.05, 3.63) is 25.7 Å². The first-order chi connectivity index (χ1) is 9.68. The van der Waals surface area contributed by atoms with E-state index in [0.717, 1.165) is 19.3 Å². The SMILES string of the molecule is [CH2]CCCCCCCCCCCC[CH]OC(=O)C(=C)C. The Balaban J connectivity index is 3.06. The molecule has 0 aliphatic rings. The maximum Gasteiger partial charge on any atom is 0.333 e. The summed E-state index contributed by atoms with van der Waals surface area (Å²) in [5.74, 6) is -0.316. The third-order valence-electron chi connectivity index (χ3n) is 3.36. The average molecular weight is 280 g/mol. The number of ether oxygens (including phenoxy) is 1. The highest BCUT2D eigenvalue weighted by molar-refractivity contribution is 5.87. The standard InChI is InChI=1S/C18H32O2/c1-4-5-6-7-8-9-10-11-12-13-14-15-16-20-18(19)17(2)3/h16H,1-2,4-15H2,3H3. The molecule has 0 amide bonds. The Kier molecular flexibility index (Phi) is 14.0. The lowest BCUT2D eigenvalue weighted by atomic mass is 10.1. The van der Waals surface area contributed by atoms with Crippen molar-refractivity contribution in [2.75, 3.05) is 0 Å². The molecule has 0 atom stereocenters. The Morgan fingerprint density at radius 3 is 1.80 bits per heavy atom. The molecule has 0 rings (SSSR count). The number of carbonyl (C=O) groups excluding carboxylic acids is 1. The van der Waals surface area contributed by atoms with Crippen LogP contribution in [-0.2, 0) is 9.53 Å². The predicted molar refractivity (Wildman–Crippen MR) is 86.0 cm³/mol. The maximum absolute atomic E-state index is 11.1. The predicted octanol–water partition coefficient (Wildman–Crippen LogP) is 5.78. The van der Waals surface area contributed by atoms with Gasteiger partial charge in [0.25, 0.3) is 0 Å². The molecule has 0 saturated heterocycles. The van der Waals surface area contributed by atoms with Gasteiger partial charge in [0.2, 0.25) is 0 Å². The molecule has 0 fully saturated rings. The highest BCUT2D eigenvalue weighted by Crippen LogP contribution is 2.12. The molecule has 0 heterocycles. The molecule has 0 saturated carbocycles. The highest BCUT2D eigenvalue weighted by Gasteiger charge is 2.02. The molecule has 0 aromatic rings. The molecular formula is C18H32O2. The van der Waals surface area contributed by atoms with Crippen LogP contribution in [0.5, 0.6) is 0 Å². The molecule has 0 aliphatic heterocycles. The summed E-state index contributed by atoms with van der Waals surface area (Å²) in [5, 5.41) is 0. The lowest BCUT2D eigenvalue weighted by molar-refractivity contribution is -0.135. The minimum atomic E-state index is -0.316. The zero-order valence-corrected chi connectivity index (χ0v) is 13.3. The number of hydrogen-bond acceptors (Lipinski definition) is 2. The van der Waals surface area contributed by atoms with Gasteiger partial charge in [0.05, 0.1) is 0 Å². The fourth-order valence-electron chi connectivity index (χ4n) is 2.05. The van der Waals surface area contributed by atoms with Crippen LogP contribution in [0.4, 0.5) is 0 Å². The average Bonchev–Trinajstić information content (AvgIpc) is 2.43. The molecule has 0 aromatic carbocycles. The Morgan fingerprint density at radius 2 is 1.35 bits per heavy atom. The zero-order chi connectivity index (χ0) is 15.1. The fraction of sp³-hybridized carbons (Fsp3) is 0.722. The van der Waals surface area contributed by atoms with Crippen LogP contribution in [-0.4, -0.2) is 5.97 Å². The van der Waals surface area contributed by atoms with Crippen LogP contribution >= 0.6 is 0 Å². The molecule has 0 spiro atoms. The number of esters is 1. The van der Waals surface area contributed by atoms with Crippen molar-refractivity contribution in [2.45, 2.75) is 84.0 Å². The quantitative estimate of drug-likeness (QED) is 0.229. The van der Waals surface area contributed by atoms with E-state index in [1.165, 1.54) is 57.8 Å². The monoisotopic (exact) mass is 280 g/mol. The second-order valence-corrected chi connectivity index (χ2v) is 5.53. The molecule has 0 aliphatic carbocycles. The van der Waals surface area contributed by atoms with Crippen LogP contribution in [0, 0.1) is 13.5 Å². The van der Waals surface area contributed by atoms with Crippen LogP contribution in [0.2, 0.25) is 0 Å². The van der Waals surface area contributed by atoms with E-state index >= 15 is 0 Å². The molecule has 2 radical (unpaired) electrons. The second-order valence-electron chi connectivity index (χ2n) is 5.53. The van der Waals surface area contributed by atoms with E-state index in [9.17, 15) is 4.79 Å². The minimum Gasteiger partial charge on any atom is -0.455 e. The Morgan fingerprint density at radius 1 is 0.900 bits per heavy atom. The summed E-state index contributed by atoms with van der Waals surface area (Å²) in [6.45, 7) is 10.7. The van der Waals surface area contributed by atoms with Crippen molar-refractivity contribution in [1.29, 1.82) is 0 Å². The first kappa shape index (κ1) is 19.2. The van der Waals surface area contributed by atoms with Gasteiger partial charge in [-0.3, -0.25) is 0 Å². The van der Waals surface area contributed by atoms with Gasteiger partial charge in [-0.2, -0.15) is 0 Å². The smallest absolute Gasteiger partial charge is 0.333 e.